The third-order valence-corrected chi connectivity index (χ3v) is 12.0. The van der Waals surface area contributed by atoms with Crippen LogP contribution < -0.4 is 14.2 Å². The number of methoxy groups -OCH3 is 3. The Morgan fingerprint density at radius 3 is 1.22 bits per heavy atom. The number of benzene rings is 8. The Balaban J connectivity index is 0.000000226. The average Bonchev–Trinajstić information content (AvgIpc) is 3.45. The number of aromatic hydroxyl groups is 3. The van der Waals surface area contributed by atoms with Crippen LogP contribution in [0.1, 0.15) is 87.8 Å². The SMILES string of the molecule is C.COc1cc(C(=O)/C=C/c2ccc(C)cc2)ccc1O.COc1cc(C(=O)/C=C/c2ccc(Cl)c(Cl)c2)ccc1O.COc1cccc(C(=O)/C=C/c2cccc(C)c2)c1.Cc1cccc(/C=C/C(=O)c2cccc(O)c2)c1. The van der Waals surface area contributed by atoms with Crippen molar-refractivity contribution in [3.8, 4) is 34.5 Å². The number of hydrogen-bond acceptors (Lipinski definition) is 10. The standard InChI is InChI=1S/C17H16O3.C17H16O2.C16H12Cl2O3.C16H14O2.CH4/c1-12-3-5-13(6-4-12)7-9-15(18)14-8-10-16(19)17(11-14)20-2;1-13-5-3-6-14(11-13)9-10-17(18)15-7-4-8-16(12-15)19-2;1-21-16-9-11(4-7-15(16)20)14(19)6-3-10-2-5-12(17)13(18)8-10;1-12-4-2-5-13(10-12)8-9-16(18)14-6-3-7-15(17)11-14;/h3-11,19H,1-2H3;3-12H,1-2H3;2-9,20H,1H3;2-11,17H,1H3;1H4/b9-7+;10-9+;6-3+;9-8+;. The minimum Gasteiger partial charge on any atom is -0.508 e. The summed E-state index contributed by atoms with van der Waals surface area (Å²) in [5, 5.41) is 29.2. The van der Waals surface area contributed by atoms with Crippen LogP contribution in [0.3, 0.4) is 0 Å². The van der Waals surface area contributed by atoms with E-state index in [0.717, 1.165) is 27.8 Å². The lowest BCUT2D eigenvalue weighted by Gasteiger charge is -2.04. The molecular formula is C67H62Cl2O10. The van der Waals surface area contributed by atoms with E-state index < -0.39 is 0 Å². The molecule has 0 unspecified atom stereocenters. The van der Waals surface area contributed by atoms with Crippen molar-refractivity contribution >= 4 is 70.6 Å². The third-order valence-electron chi connectivity index (χ3n) is 11.2. The van der Waals surface area contributed by atoms with Crippen molar-refractivity contribution in [3.63, 3.8) is 0 Å². The molecule has 8 aromatic carbocycles. The number of allylic oxidation sites excluding steroid dienone is 4. The molecular weight excluding hydrogens is 1040 g/mol. The summed E-state index contributed by atoms with van der Waals surface area (Å²) >= 11 is 11.7. The summed E-state index contributed by atoms with van der Waals surface area (Å²) in [5.74, 6) is 0.855. The van der Waals surface area contributed by atoms with Crippen molar-refractivity contribution < 1.29 is 48.7 Å². The van der Waals surface area contributed by atoms with Gasteiger partial charge in [0.25, 0.3) is 0 Å². The van der Waals surface area contributed by atoms with Crippen molar-refractivity contribution in [2.45, 2.75) is 28.2 Å². The molecule has 0 saturated carbocycles. The van der Waals surface area contributed by atoms with E-state index in [9.17, 15) is 34.5 Å². The van der Waals surface area contributed by atoms with Crippen LogP contribution >= 0.6 is 23.2 Å². The van der Waals surface area contributed by atoms with Crippen LogP contribution in [0.5, 0.6) is 34.5 Å². The quantitative estimate of drug-likeness (QED) is 0.0667. The predicted octanol–water partition coefficient (Wildman–Crippen LogP) is 16.3. The van der Waals surface area contributed by atoms with Gasteiger partial charge in [0.2, 0.25) is 0 Å². The average molecular weight is 1100 g/mol. The summed E-state index contributed by atoms with van der Waals surface area (Å²) in [6, 6.07) is 51.4. The largest absolute Gasteiger partial charge is 0.508 e. The zero-order valence-corrected chi connectivity index (χ0v) is 45.3. The number of phenolic OH excluding ortho intramolecular Hbond substituents is 3. The molecule has 0 fully saturated rings. The van der Waals surface area contributed by atoms with E-state index in [2.05, 4.69) is 0 Å². The summed E-state index contributed by atoms with van der Waals surface area (Å²) in [5.41, 5.74) is 9.26. The van der Waals surface area contributed by atoms with Crippen LogP contribution in [-0.2, 0) is 0 Å². The van der Waals surface area contributed by atoms with Crippen molar-refractivity contribution in [2.24, 2.45) is 0 Å². The van der Waals surface area contributed by atoms with Crippen LogP contribution in [0.2, 0.25) is 10.0 Å². The Morgan fingerprint density at radius 2 is 0.785 bits per heavy atom. The van der Waals surface area contributed by atoms with E-state index in [1.807, 2.05) is 112 Å². The Hall–Kier alpha value is -9.22. The highest BCUT2D eigenvalue weighted by atomic mass is 35.5. The fourth-order valence-corrected chi connectivity index (χ4v) is 7.32. The summed E-state index contributed by atoms with van der Waals surface area (Å²) < 4.78 is 15.1. The molecule has 10 nitrogen and oxygen atoms in total. The van der Waals surface area contributed by atoms with Gasteiger partial charge >= 0.3 is 0 Å². The molecule has 0 atom stereocenters. The summed E-state index contributed by atoms with van der Waals surface area (Å²) in [7, 11) is 4.46. The predicted molar refractivity (Wildman–Crippen MR) is 321 cm³/mol. The van der Waals surface area contributed by atoms with E-state index >= 15 is 0 Å². The lowest BCUT2D eigenvalue weighted by Crippen LogP contribution is -1.95. The monoisotopic (exact) mass is 1100 g/mol. The van der Waals surface area contributed by atoms with Crippen LogP contribution in [-0.4, -0.2) is 59.8 Å². The number of rotatable bonds is 15. The van der Waals surface area contributed by atoms with Crippen LogP contribution in [0.4, 0.5) is 0 Å². The third kappa shape index (κ3) is 20.7. The molecule has 12 heteroatoms. The van der Waals surface area contributed by atoms with Gasteiger partial charge in [0.1, 0.15) is 11.5 Å². The Morgan fingerprint density at radius 1 is 0.380 bits per heavy atom. The molecule has 0 radical (unpaired) electrons. The lowest BCUT2D eigenvalue weighted by atomic mass is 10.1. The molecule has 0 spiro atoms. The topological polar surface area (TPSA) is 157 Å². The van der Waals surface area contributed by atoms with E-state index in [1.165, 1.54) is 80.0 Å². The molecule has 0 saturated heterocycles. The first-order valence-corrected chi connectivity index (χ1v) is 24.9. The normalized spacial score (nSPS) is 10.6. The highest BCUT2D eigenvalue weighted by Gasteiger charge is 2.10. The molecule has 0 amide bonds. The highest BCUT2D eigenvalue weighted by Crippen LogP contribution is 2.28. The van der Waals surface area contributed by atoms with Crippen molar-refractivity contribution in [2.75, 3.05) is 21.3 Å². The number of halogens is 2. The van der Waals surface area contributed by atoms with E-state index in [4.69, 9.17) is 37.4 Å². The van der Waals surface area contributed by atoms with E-state index in [0.29, 0.717) is 43.8 Å². The van der Waals surface area contributed by atoms with Gasteiger partial charge in [-0.1, -0.05) is 175 Å². The molecule has 0 heterocycles. The van der Waals surface area contributed by atoms with E-state index in [1.54, 1.807) is 86.0 Å². The maximum atomic E-state index is 12.1. The van der Waals surface area contributed by atoms with Crippen LogP contribution in [0.15, 0.2) is 200 Å². The van der Waals surface area contributed by atoms with Crippen molar-refractivity contribution in [1.82, 2.24) is 0 Å². The molecule has 79 heavy (non-hydrogen) atoms. The Bertz CT molecular complexity index is 3480. The number of phenols is 3. The van der Waals surface area contributed by atoms with Gasteiger partial charge in [-0.05, 0) is 140 Å². The molecule has 0 aromatic heterocycles. The first kappa shape index (κ1) is 62.3. The summed E-state index contributed by atoms with van der Waals surface area (Å²) in [6.45, 7) is 6.05. The molecule has 404 valence electrons. The zero-order valence-electron chi connectivity index (χ0n) is 43.8. The van der Waals surface area contributed by atoms with Crippen LogP contribution in [0, 0.1) is 20.8 Å². The summed E-state index contributed by atoms with van der Waals surface area (Å²) in [4.78, 5) is 48.0. The molecule has 0 aliphatic rings. The molecule has 0 aliphatic carbocycles. The number of ether oxygens (including phenoxy) is 3. The molecule has 3 N–H and O–H groups in total. The highest BCUT2D eigenvalue weighted by molar-refractivity contribution is 6.42. The van der Waals surface area contributed by atoms with Gasteiger partial charge in [0.05, 0.1) is 31.4 Å². The Kier molecular flexibility index (Phi) is 25.0. The molecule has 8 aromatic rings. The lowest BCUT2D eigenvalue weighted by molar-refractivity contribution is 0.103. The van der Waals surface area contributed by atoms with E-state index in [-0.39, 0.29) is 53.6 Å². The van der Waals surface area contributed by atoms with Crippen LogP contribution in [0.25, 0.3) is 24.3 Å². The zero-order chi connectivity index (χ0) is 56.6. The fraction of sp³-hybridized carbons (Fsp3) is 0.104. The minimum atomic E-state index is -0.209. The maximum absolute atomic E-state index is 12.1. The number of carbonyl (C=O) groups excluding carboxylic acids is 4. The molecule has 8 rings (SSSR count). The van der Waals surface area contributed by atoms with Gasteiger partial charge in [-0.25, -0.2) is 0 Å². The molecule has 0 bridgehead atoms. The summed E-state index contributed by atoms with van der Waals surface area (Å²) in [6.07, 6.45) is 13.0. The van der Waals surface area contributed by atoms with Crippen molar-refractivity contribution in [1.29, 1.82) is 0 Å². The first-order chi connectivity index (χ1) is 37.4. The van der Waals surface area contributed by atoms with Crippen molar-refractivity contribution in [3.05, 3.63) is 271 Å². The van der Waals surface area contributed by atoms with Gasteiger partial charge in [0, 0.05) is 22.3 Å². The second kappa shape index (κ2) is 31.7. The van der Waals surface area contributed by atoms with Gasteiger partial charge in [-0.3, -0.25) is 19.2 Å². The smallest absolute Gasteiger partial charge is 0.185 e. The maximum Gasteiger partial charge on any atom is 0.185 e. The molecule has 0 aliphatic heterocycles. The van der Waals surface area contributed by atoms with Gasteiger partial charge in [-0.15, -0.1) is 0 Å². The number of hydrogen-bond donors (Lipinski definition) is 3. The van der Waals surface area contributed by atoms with Gasteiger partial charge in [-0.2, -0.15) is 0 Å². The fourth-order valence-electron chi connectivity index (χ4n) is 7.01. The first-order valence-electron chi connectivity index (χ1n) is 24.2. The number of aryl methyl sites for hydroxylation is 3. The number of ketones is 4. The van der Waals surface area contributed by atoms with Gasteiger partial charge in [0.15, 0.2) is 46.1 Å². The second-order valence-electron chi connectivity index (χ2n) is 17.3. The Labute approximate surface area is 472 Å². The minimum absolute atomic E-state index is 0. The number of carbonyl (C=O) groups is 4. The second-order valence-corrected chi connectivity index (χ2v) is 18.1. The van der Waals surface area contributed by atoms with Gasteiger partial charge < -0.3 is 29.5 Å².